The Morgan fingerprint density at radius 3 is 2.29 bits per heavy atom. The maximum atomic E-state index is 13.7. The fourth-order valence-corrected chi connectivity index (χ4v) is 5.53. The molecule has 3 rings (SSSR count). The van der Waals surface area contributed by atoms with Crippen LogP contribution in [0.15, 0.2) is 88.2 Å². The van der Waals surface area contributed by atoms with E-state index in [2.05, 4.69) is 21.2 Å². The number of likely N-dealkylation sites (N-methyl/N-ethyl adjacent to an activating group) is 1. The van der Waals surface area contributed by atoms with Crippen LogP contribution in [0.3, 0.4) is 0 Å². The van der Waals surface area contributed by atoms with Gasteiger partial charge in [-0.05, 0) is 61.4 Å². The summed E-state index contributed by atoms with van der Waals surface area (Å²) in [5, 5.41) is 2.57. The third kappa shape index (κ3) is 6.49. The zero-order valence-corrected chi connectivity index (χ0v) is 22.2. The van der Waals surface area contributed by atoms with Crippen LogP contribution in [-0.4, -0.2) is 44.8 Å². The molecule has 0 saturated heterocycles. The molecule has 0 fully saturated rings. The van der Waals surface area contributed by atoms with Gasteiger partial charge in [0.05, 0.1) is 10.6 Å². The van der Waals surface area contributed by atoms with Gasteiger partial charge in [-0.3, -0.25) is 13.9 Å². The van der Waals surface area contributed by atoms with Crippen LogP contribution in [0.25, 0.3) is 0 Å². The molecule has 0 radical (unpaired) electrons. The van der Waals surface area contributed by atoms with E-state index in [1.54, 1.807) is 43.3 Å². The summed E-state index contributed by atoms with van der Waals surface area (Å²) in [6.45, 7) is 3.15. The highest BCUT2D eigenvalue weighted by atomic mass is 79.9. The molecular formula is C26H28BrN3O4S. The summed E-state index contributed by atoms with van der Waals surface area (Å²) in [4.78, 5) is 27.6. The van der Waals surface area contributed by atoms with Crippen molar-refractivity contribution in [3.8, 4) is 0 Å². The van der Waals surface area contributed by atoms with Gasteiger partial charge in [0.2, 0.25) is 11.8 Å². The monoisotopic (exact) mass is 557 g/mol. The van der Waals surface area contributed by atoms with E-state index < -0.39 is 28.5 Å². The molecule has 7 nitrogen and oxygen atoms in total. The molecule has 0 aliphatic carbocycles. The molecule has 0 saturated carbocycles. The molecule has 0 aliphatic heterocycles. The van der Waals surface area contributed by atoms with Gasteiger partial charge in [-0.2, -0.15) is 0 Å². The second-order valence-electron chi connectivity index (χ2n) is 8.11. The number of aryl methyl sites for hydroxylation is 1. The lowest BCUT2D eigenvalue weighted by atomic mass is 10.1. The van der Waals surface area contributed by atoms with Crippen molar-refractivity contribution in [3.05, 3.63) is 94.5 Å². The highest BCUT2D eigenvalue weighted by molar-refractivity contribution is 9.10. The molecule has 0 unspecified atom stereocenters. The summed E-state index contributed by atoms with van der Waals surface area (Å²) in [5.41, 5.74) is 2.03. The average molecular weight is 558 g/mol. The van der Waals surface area contributed by atoms with Crippen molar-refractivity contribution in [2.45, 2.75) is 31.3 Å². The number of nitrogens with zero attached hydrogens (tertiary/aromatic N) is 2. The number of carbonyl (C=O) groups is 2. The minimum absolute atomic E-state index is 0.0761. The van der Waals surface area contributed by atoms with Crippen LogP contribution >= 0.6 is 15.9 Å². The number of nitrogens with one attached hydrogen (secondary N) is 1. The van der Waals surface area contributed by atoms with Gasteiger partial charge in [0.1, 0.15) is 12.6 Å². The first-order valence-electron chi connectivity index (χ1n) is 11.0. The van der Waals surface area contributed by atoms with Crippen molar-refractivity contribution in [1.82, 2.24) is 10.2 Å². The molecule has 1 atom stereocenters. The Hall–Kier alpha value is -3.17. The molecule has 184 valence electrons. The van der Waals surface area contributed by atoms with Gasteiger partial charge >= 0.3 is 0 Å². The van der Waals surface area contributed by atoms with Crippen LogP contribution in [0.4, 0.5) is 5.69 Å². The first-order valence-corrected chi connectivity index (χ1v) is 13.3. The summed E-state index contributed by atoms with van der Waals surface area (Å²) in [6, 6.07) is 21.6. The normalized spacial score (nSPS) is 12.0. The number of halogens is 1. The highest BCUT2D eigenvalue weighted by Gasteiger charge is 2.32. The van der Waals surface area contributed by atoms with Crippen molar-refractivity contribution in [1.29, 1.82) is 0 Å². The van der Waals surface area contributed by atoms with E-state index in [1.165, 1.54) is 24.1 Å². The Morgan fingerprint density at radius 1 is 0.971 bits per heavy atom. The number of hydrogen-bond acceptors (Lipinski definition) is 4. The fraction of sp³-hybridized carbons (Fsp3) is 0.231. The number of amides is 2. The van der Waals surface area contributed by atoms with Crippen LogP contribution in [0.2, 0.25) is 0 Å². The van der Waals surface area contributed by atoms with Crippen LogP contribution < -0.4 is 9.62 Å². The Kier molecular flexibility index (Phi) is 8.69. The Morgan fingerprint density at radius 2 is 1.66 bits per heavy atom. The number of rotatable bonds is 9. The number of hydrogen-bond donors (Lipinski definition) is 1. The summed E-state index contributed by atoms with van der Waals surface area (Å²) < 4.78 is 29.2. The predicted molar refractivity (Wildman–Crippen MR) is 140 cm³/mol. The second kappa shape index (κ2) is 11.5. The van der Waals surface area contributed by atoms with Crippen LogP contribution in [-0.2, 0) is 26.2 Å². The fourth-order valence-electron chi connectivity index (χ4n) is 3.66. The van der Waals surface area contributed by atoms with E-state index in [0.717, 1.165) is 19.9 Å². The van der Waals surface area contributed by atoms with Gasteiger partial charge in [-0.15, -0.1) is 0 Å². The number of anilines is 1. The Bertz CT molecular complexity index is 1300. The average Bonchev–Trinajstić information content (AvgIpc) is 2.85. The molecule has 35 heavy (non-hydrogen) atoms. The molecule has 3 aromatic carbocycles. The zero-order chi connectivity index (χ0) is 25.6. The first-order chi connectivity index (χ1) is 16.6. The van der Waals surface area contributed by atoms with E-state index >= 15 is 0 Å². The quantitative estimate of drug-likeness (QED) is 0.428. The van der Waals surface area contributed by atoms with Crippen LogP contribution in [0.1, 0.15) is 18.1 Å². The summed E-state index contributed by atoms with van der Waals surface area (Å²) >= 11 is 3.43. The lowest BCUT2D eigenvalue weighted by Crippen LogP contribution is -2.50. The van der Waals surface area contributed by atoms with Crippen LogP contribution in [0.5, 0.6) is 0 Å². The standard InChI is InChI=1S/C26H28BrN3O4S/c1-19-9-7-12-23(15-19)30(35(33,34)24-13-5-4-6-14-24)18-25(31)29(20(2)26(32)28-3)17-21-10-8-11-22(27)16-21/h4-16,20H,17-18H2,1-3H3,(H,28,32)/t20-/m0/s1. The summed E-state index contributed by atoms with van der Waals surface area (Å²) in [6.07, 6.45) is 0. The van der Waals surface area contributed by atoms with Gasteiger partial charge in [-0.25, -0.2) is 8.42 Å². The molecule has 0 heterocycles. The van der Waals surface area contributed by atoms with Crippen molar-refractivity contribution >= 4 is 43.5 Å². The predicted octanol–water partition coefficient (Wildman–Crippen LogP) is 4.12. The van der Waals surface area contributed by atoms with E-state index in [4.69, 9.17) is 0 Å². The van der Waals surface area contributed by atoms with Gasteiger partial charge in [0, 0.05) is 18.1 Å². The van der Waals surface area contributed by atoms with Crippen molar-refractivity contribution < 1.29 is 18.0 Å². The first kappa shape index (κ1) is 26.4. The lowest BCUT2D eigenvalue weighted by Gasteiger charge is -2.32. The van der Waals surface area contributed by atoms with Crippen molar-refractivity contribution in [3.63, 3.8) is 0 Å². The van der Waals surface area contributed by atoms with E-state index in [0.29, 0.717) is 5.69 Å². The Labute approximate surface area is 214 Å². The largest absolute Gasteiger partial charge is 0.357 e. The maximum Gasteiger partial charge on any atom is 0.264 e. The molecule has 0 spiro atoms. The molecule has 1 N–H and O–H groups in total. The van der Waals surface area contributed by atoms with E-state index in [1.807, 2.05) is 37.3 Å². The van der Waals surface area contributed by atoms with E-state index in [-0.39, 0.29) is 17.3 Å². The molecule has 0 aliphatic rings. The second-order valence-corrected chi connectivity index (χ2v) is 10.9. The summed E-state index contributed by atoms with van der Waals surface area (Å²) in [5.74, 6) is -0.844. The van der Waals surface area contributed by atoms with Gasteiger partial charge in [0.25, 0.3) is 10.0 Å². The smallest absolute Gasteiger partial charge is 0.264 e. The summed E-state index contributed by atoms with van der Waals surface area (Å²) in [7, 11) is -2.55. The number of carbonyl (C=O) groups excluding carboxylic acids is 2. The van der Waals surface area contributed by atoms with Crippen molar-refractivity contribution in [2.75, 3.05) is 17.9 Å². The number of sulfonamides is 1. The van der Waals surface area contributed by atoms with Gasteiger partial charge < -0.3 is 10.2 Å². The molecular weight excluding hydrogens is 530 g/mol. The molecule has 0 bridgehead atoms. The molecule has 9 heteroatoms. The lowest BCUT2D eigenvalue weighted by molar-refractivity contribution is -0.139. The van der Waals surface area contributed by atoms with Crippen LogP contribution in [0, 0.1) is 6.92 Å². The SMILES string of the molecule is CNC(=O)[C@H](C)N(Cc1cccc(Br)c1)C(=O)CN(c1cccc(C)c1)S(=O)(=O)c1ccccc1. The third-order valence-corrected chi connectivity index (χ3v) is 7.84. The topological polar surface area (TPSA) is 86.8 Å². The van der Waals surface area contributed by atoms with E-state index in [9.17, 15) is 18.0 Å². The number of benzene rings is 3. The van der Waals surface area contributed by atoms with Gasteiger partial charge in [0.15, 0.2) is 0 Å². The van der Waals surface area contributed by atoms with Gasteiger partial charge in [-0.1, -0.05) is 58.4 Å². The highest BCUT2D eigenvalue weighted by Crippen LogP contribution is 2.25. The molecule has 3 aromatic rings. The molecule has 2 amide bonds. The zero-order valence-electron chi connectivity index (χ0n) is 19.8. The minimum Gasteiger partial charge on any atom is -0.357 e. The minimum atomic E-state index is -4.05. The van der Waals surface area contributed by atoms with Crippen molar-refractivity contribution in [2.24, 2.45) is 0 Å². The molecule has 0 aromatic heterocycles. The maximum absolute atomic E-state index is 13.7. The third-order valence-electron chi connectivity index (χ3n) is 5.56. The Balaban J connectivity index is 2.02.